The maximum Gasteiger partial charge on any atom is 1.00 e. The Morgan fingerprint density at radius 2 is 2.00 bits per heavy atom. The van der Waals surface area contributed by atoms with E-state index in [9.17, 15) is 0 Å². The molecule has 0 saturated carbocycles. The normalized spacial score (nSPS) is 10.5. The fraction of sp³-hybridized carbons (Fsp3) is 0.444. The van der Waals surface area contributed by atoms with Crippen LogP contribution in [-0.2, 0) is 5.41 Å². The summed E-state index contributed by atoms with van der Waals surface area (Å²) in [5.41, 5.74) is 1.47. The number of nitrogens with zero attached hydrogens (tertiary/aromatic N) is 1. The molecule has 0 atom stereocenters. The van der Waals surface area contributed by atoms with Crippen molar-refractivity contribution >= 4 is 0 Å². The Labute approximate surface area is 117 Å². The van der Waals surface area contributed by atoms with Crippen LogP contribution < -0.4 is 58.2 Å². The van der Waals surface area contributed by atoms with E-state index in [0.29, 0.717) is 0 Å². The third-order valence-corrected chi connectivity index (χ3v) is 1.48. The minimum atomic E-state index is 0. The molecule has 1 aromatic rings. The molecule has 0 aromatic carbocycles. The van der Waals surface area contributed by atoms with Gasteiger partial charge in [-0.25, -0.2) is 0 Å². The molecule has 11 heavy (non-hydrogen) atoms. The van der Waals surface area contributed by atoms with Crippen molar-refractivity contribution < 1.29 is 58.2 Å². The average molecular weight is 220 g/mol. The van der Waals surface area contributed by atoms with Crippen LogP contribution in [0, 0.1) is 6.20 Å². The molecule has 1 rings (SSSR count). The van der Waals surface area contributed by atoms with Crippen molar-refractivity contribution in [2.24, 2.45) is 0 Å². The molecule has 0 radical (unpaired) electrons. The molecular weight excluding hydrogens is 208 g/mol. The van der Waals surface area contributed by atoms with Crippen LogP contribution in [-0.4, -0.2) is 4.98 Å². The fourth-order valence-corrected chi connectivity index (χ4v) is 0.764. The summed E-state index contributed by atoms with van der Waals surface area (Å²) in [7, 11) is 0. The molecule has 1 aromatic heterocycles. The van der Waals surface area contributed by atoms with Crippen LogP contribution in [0.25, 0.3) is 0 Å². The standard InChI is InChI=1S/C9H12N.Rb/c1-9(2,3)8-5-4-6-10-7-8;/h4-5,7H,1-3H3;/q-1;+1. The van der Waals surface area contributed by atoms with Gasteiger partial charge in [-0.2, -0.15) is 12.1 Å². The van der Waals surface area contributed by atoms with Gasteiger partial charge in [0, 0.05) is 0 Å². The van der Waals surface area contributed by atoms with Crippen molar-refractivity contribution in [1.29, 1.82) is 0 Å². The van der Waals surface area contributed by atoms with Gasteiger partial charge in [0.1, 0.15) is 0 Å². The second-order valence-electron chi connectivity index (χ2n) is 3.43. The fourth-order valence-electron chi connectivity index (χ4n) is 0.764. The summed E-state index contributed by atoms with van der Waals surface area (Å²) in [6.45, 7) is 6.51. The van der Waals surface area contributed by atoms with Gasteiger partial charge in [-0.15, -0.1) is 5.56 Å². The molecule has 0 amide bonds. The third-order valence-electron chi connectivity index (χ3n) is 1.48. The largest absolute Gasteiger partial charge is 1.00 e. The van der Waals surface area contributed by atoms with E-state index in [0.717, 1.165) is 0 Å². The van der Waals surface area contributed by atoms with Crippen molar-refractivity contribution in [3.8, 4) is 0 Å². The van der Waals surface area contributed by atoms with Crippen LogP contribution in [0.15, 0.2) is 18.3 Å². The summed E-state index contributed by atoms with van der Waals surface area (Å²) in [6, 6.07) is 3.90. The molecule has 0 fully saturated rings. The first-order valence-electron chi connectivity index (χ1n) is 3.43. The Balaban J connectivity index is 0.000001000. The van der Waals surface area contributed by atoms with Crippen LogP contribution in [0.3, 0.4) is 0 Å². The Bertz CT molecular complexity index is 201. The van der Waals surface area contributed by atoms with Crippen LogP contribution in [0.4, 0.5) is 0 Å². The van der Waals surface area contributed by atoms with E-state index in [-0.39, 0.29) is 63.6 Å². The van der Waals surface area contributed by atoms with E-state index < -0.39 is 0 Å². The molecule has 0 aliphatic carbocycles. The molecule has 0 unspecified atom stereocenters. The van der Waals surface area contributed by atoms with Crippen LogP contribution >= 0.6 is 0 Å². The minimum Gasteiger partial charge on any atom is -0.394 e. The summed E-state index contributed by atoms with van der Waals surface area (Å²) >= 11 is 0. The van der Waals surface area contributed by atoms with E-state index >= 15 is 0 Å². The molecule has 0 N–H and O–H groups in total. The van der Waals surface area contributed by atoms with Gasteiger partial charge in [-0.3, -0.25) is 0 Å². The minimum absolute atomic E-state index is 0. The van der Waals surface area contributed by atoms with Gasteiger partial charge < -0.3 is 4.98 Å². The average Bonchev–Trinajstić information content (AvgIpc) is 1.88. The molecule has 2 heteroatoms. The Kier molecular flexibility index (Phi) is 5.28. The van der Waals surface area contributed by atoms with Crippen LogP contribution in [0.5, 0.6) is 0 Å². The third kappa shape index (κ3) is 3.93. The quantitative estimate of drug-likeness (QED) is 0.520. The van der Waals surface area contributed by atoms with Gasteiger partial charge >= 0.3 is 58.2 Å². The summed E-state index contributed by atoms with van der Waals surface area (Å²) in [4.78, 5) is 3.93. The SMILES string of the molecule is CC(C)(C)c1cc[c-]nc1.[Rb+]. The van der Waals surface area contributed by atoms with Crippen molar-refractivity contribution in [3.05, 3.63) is 30.1 Å². The van der Waals surface area contributed by atoms with E-state index in [1.54, 1.807) is 0 Å². The van der Waals surface area contributed by atoms with Gasteiger partial charge in [0.05, 0.1) is 0 Å². The first kappa shape index (κ1) is 12.0. The summed E-state index contributed by atoms with van der Waals surface area (Å²) in [6.07, 6.45) is 4.62. The molecule has 1 nitrogen and oxygen atoms in total. The first-order chi connectivity index (χ1) is 4.61. The van der Waals surface area contributed by atoms with Gasteiger partial charge in [0.15, 0.2) is 0 Å². The monoisotopic (exact) mass is 219 g/mol. The Morgan fingerprint density at radius 1 is 1.36 bits per heavy atom. The van der Waals surface area contributed by atoms with Gasteiger partial charge in [-0.1, -0.05) is 33.2 Å². The summed E-state index contributed by atoms with van der Waals surface area (Å²) in [5, 5.41) is 0. The number of hydrogen-bond acceptors (Lipinski definition) is 1. The zero-order valence-electron chi connectivity index (χ0n) is 7.68. The van der Waals surface area contributed by atoms with Crippen molar-refractivity contribution in [3.63, 3.8) is 0 Å². The zero-order chi connectivity index (χ0) is 7.61. The summed E-state index contributed by atoms with van der Waals surface area (Å²) < 4.78 is 0. The number of rotatable bonds is 0. The topological polar surface area (TPSA) is 12.9 Å². The van der Waals surface area contributed by atoms with Gasteiger partial charge in [0.2, 0.25) is 0 Å². The molecule has 1 heterocycles. The molecule has 0 aliphatic rings. The number of hydrogen-bond donors (Lipinski definition) is 0. The van der Waals surface area contributed by atoms with E-state index in [4.69, 9.17) is 0 Å². The van der Waals surface area contributed by atoms with Gasteiger partial charge in [0.25, 0.3) is 0 Å². The first-order valence-corrected chi connectivity index (χ1v) is 3.43. The Hall–Kier alpha value is 0.955. The predicted octanol–water partition coefficient (Wildman–Crippen LogP) is -0.817. The maximum absolute atomic E-state index is 3.93. The van der Waals surface area contributed by atoms with Gasteiger partial charge in [-0.05, 0) is 5.41 Å². The van der Waals surface area contributed by atoms with Crippen molar-refractivity contribution in [2.45, 2.75) is 26.2 Å². The second-order valence-corrected chi connectivity index (χ2v) is 3.43. The molecule has 54 valence electrons. The Morgan fingerprint density at radius 3 is 2.27 bits per heavy atom. The molecule has 0 saturated heterocycles. The maximum atomic E-state index is 3.93. The van der Waals surface area contributed by atoms with E-state index in [1.807, 2.05) is 18.3 Å². The molecule has 0 aliphatic heterocycles. The van der Waals surface area contributed by atoms with Crippen LogP contribution in [0.1, 0.15) is 26.3 Å². The molecular formula is C9H12NRb. The van der Waals surface area contributed by atoms with Crippen molar-refractivity contribution in [1.82, 2.24) is 4.98 Å². The molecule has 0 spiro atoms. The predicted molar refractivity (Wildman–Crippen MR) is 41.8 cm³/mol. The van der Waals surface area contributed by atoms with E-state index in [2.05, 4.69) is 32.0 Å². The van der Waals surface area contributed by atoms with Crippen LogP contribution in [0.2, 0.25) is 0 Å². The number of aromatic nitrogens is 1. The smallest absolute Gasteiger partial charge is 0.394 e. The van der Waals surface area contributed by atoms with E-state index in [1.165, 1.54) is 5.56 Å². The number of pyridine rings is 1. The summed E-state index contributed by atoms with van der Waals surface area (Å²) in [5.74, 6) is 0. The second kappa shape index (κ2) is 4.85. The molecule has 0 bridgehead atoms. The zero-order valence-corrected chi connectivity index (χ0v) is 12.6. The van der Waals surface area contributed by atoms with Crippen molar-refractivity contribution in [2.75, 3.05) is 0 Å².